The van der Waals surface area contributed by atoms with Crippen LogP contribution in [0.15, 0.2) is 18.2 Å². The highest BCUT2D eigenvalue weighted by Gasteiger charge is 2.32. The van der Waals surface area contributed by atoms with Crippen molar-refractivity contribution in [3.05, 3.63) is 33.9 Å². The van der Waals surface area contributed by atoms with Crippen molar-refractivity contribution in [1.29, 1.82) is 0 Å². The predicted octanol–water partition coefficient (Wildman–Crippen LogP) is 4.02. The van der Waals surface area contributed by atoms with Gasteiger partial charge in [0.05, 0.1) is 4.92 Å². The van der Waals surface area contributed by atoms with E-state index in [4.69, 9.17) is 4.74 Å². The zero-order valence-corrected chi connectivity index (χ0v) is 16.8. The number of non-ortho nitro benzene ring substituents is 1. The highest BCUT2D eigenvalue weighted by atomic mass is 16.6. The Morgan fingerprint density at radius 1 is 1.21 bits per heavy atom. The summed E-state index contributed by atoms with van der Waals surface area (Å²) in [6, 6.07) is 4.39. The molecule has 1 fully saturated rings. The fourth-order valence-electron chi connectivity index (χ4n) is 4.23. The van der Waals surface area contributed by atoms with E-state index in [0.29, 0.717) is 23.6 Å². The summed E-state index contributed by atoms with van der Waals surface area (Å²) < 4.78 is 5.64. The Morgan fingerprint density at radius 3 is 2.50 bits per heavy atom. The number of anilines is 1. The first kappa shape index (κ1) is 20.3. The van der Waals surface area contributed by atoms with Gasteiger partial charge in [0, 0.05) is 24.2 Å². The third kappa shape index (κ3) is 4.51. The molecule has 0 radical (unpaired) electrons. The van der Waals surface area contributed by atoms with Crippen molar-refractivity contribution in [3.63, 3.8) is 0 Å². The second-order valence-corrected chi connectivity index (χ2v) is 8.88. The van der Waals surface area contributed by atoms with Crippen molar-refractivity contribution in [2.75, 3.05) is 11.4 Å². The molecule has 0 atom stereocenters. The molecule has 1 heterocycles. The van der Waals surface area contributed by atoms with Crippen LogP contribution in [0.3, 0.4) is 0 Å². The standard InChI is InChI=1S/C21H28N2O5/c1-21(2,3)15-5-8-17(9-6-15)28-20(25)13-22-18-10-7-16(23(26)27)12-14(18)4-11-19(22)24/h7,10,12,15,17H,4-6,8-9,11,13H2,1-3H3. The molecule has 7 heteroatoms. The van der Waals surface area contributed by atoms with Gasteiger partial charge in [0.1, 0.15) is 12.6 Å². The molecule has 0 bridgehead atoms. The fraction of sp³-hybridized carbons (Fsp3) is 0.619. The zero-order chi connectivity index (χ0) is 20.5. The molecule has 7 nitrogen and oxygen atoms in total. The predicted molar refractivity (Wildman–Crippen MR) is 105 cm³/mol. The van der Waals surface area contributed by atoms with E-state index in [1.165, 1.54) is 17.0 Å². The lowest BCUT2D eigenvalue weighted by Gasteiger charge is -2.37. The Bertz CT molecular complexity index is 775. The number of ether oxygens (including phenoxy) is 1. The van der Waals surface area contributed by atoms with Crippen LogP contribution < -0.4 is 4.90 Å². The summed E-state index contributed by atoms with van der Waals surface area (Å²) >= 11 is 0. The normalized spacial score (nSPS) is 22.5. The number of carbonyl (C=O) groups is 2. The summed E-state index contributed by atoms with van der Waals surface area (Å²) in [7, 11) is 0. The average molecular weight is 388 g/mol. The maximum Gasteiger partial charge on any atom is 0.326 e. The van der Waals surface area contributed by atoms with Gasteiger partial charge in [-0.3, -0.25) is 19.7 Å². The minimum Gasteiger partial charge on any atom is -0.461 e. The molecule has 152 valence electrons. The lowest BCUT2D eigenvalue weighted by molar-refractivity contribution is -0.384. The molecule has 1 amide bonds. The number of nitrogens with zero attached hydrogens (tertiary/aromatic N) is 2. The van der Waals surface area contributed by atoms with Gasteiger partial charge in [0.15, 0.2) is 0 Å². The van der Waals surface area contributed by atoms with Gasteiger partial charge in [0.2, 0.25) is 5.91 Å². The average Bonchev–Trinajstić information content (AvgIpc) is 2.63. The molecule has 28 heavy (non-hydrogen) atoms. The van der Waals surface area contributed by atoms with Crippen LogP contribution in [0.5, 0.6) is 0 Å². The van der Waals surface area contributed by atoms with Crippen molar-refractivity contribution >= 4 is 23.3 Å². The molecule has 3 rings (SSSR count). The number of rotatable bonds is 4. The fourth-order valence-corrected chi connectivity index (χ4v) is 4.23. The van der Waals surface area contributed by atoms with E-state index in [-0.39, 0.29) is 36.1 Å². The second kappa shape index (κ2) is 7.89. The van der Waals surface area contributed by atoms with Crippen LogP contribution in [0, 0.1) is 21.4 Å². The smallest absolute Gasteiger partial charge is 0.326 e. The summed E-state index contributed by atoms with van der Waals surface area (Å²) in [6.45, 7) is 6.58. The van der Waals surface area contributed by atoms with Crippen molar-refractivity contribution in [2.45, 2.75) is 65.4 Å². The number of benzene rings is 1. The van der Waals surface area contributed by atoms with Crippen LogP contribution >= 0.6 is 0 Å². The van der Waals surface area contributed by atoms with Gasteiger partial charge in [-0.2, -0.15) is 0 Å². The molecule has 2 aliphatic rings. The molecule has 0 unspecified atom stereocenters. The van der Waals surface area contributed by atoms with Gasteiger partial charge in [-0.05, 0) is 55.1 Å². The third-order valence-electron chi connectivity index (χ3n) is 5.96. The van der Waals surface area contributed by atoms with Gasteiger partial charge in [-0.1, -0.05) is 20.8 Å². The van der Waals surface area contributed by atoms with E-state index in [2.05, 4.69) is 20.8 Å². The first-order valence-electron chi connectivity index (χ1n) is 9.92. The van der Waals surface area contributed by atoms with Gasteiger partial charge in [0.25, 0.3) is 5.69 Å². The number of esters is 1. The lowest BCUT2D eigenvalue weighted by atomic mass is 9.72. The molecule has 1 aromatic carbocycles. The van der Waals surface area contributed by atoms with Crippen LogP contribution in [-0.2, 0) is 20.7 Å². The van der Waals surface area contributed by atoms with Crippen molar-refractivity contribution in [3.8, 4) is 0 Å². The Kier molecular flexibility index (Phi) is 5.72. The van der Waals surface area contributed by atoms with Crippen LogP contribution in [0.2, 0.25) is 0 Å². The van der Waals surface area contributed by atoms with Crippen molar-refractivity contribution in [1.82, 2.24) is 0 Å². The SMILES string of the molecule is CC(C)(C)C1CCC(OC(=O)CN2C(=O)CCc3cc([N+](=O)[O-])ccc32)CC1. The monoisotopic (exact) mass is 388 g/mol. The number of carbonyl (C=O) groups excluding carboxylic acids is 2. The Balaban J connectivity index is 1.62. The van der Waals surface area contributed by atoms with E-state index in [9.17, 15) is 19.7 Å². The summed E-state index contributed by atoms with van der Waals surface area (Å²) in [6.07, 6.45) is 4.36. The van der Waals surface area contributed by atoms with Gasteiger partial charge < -0.3 is 9.64 Å². The Hall–Kier alpha value is -2.44. The maximum absolute atomic E-state index is 12.5. The number of hydrogen-bond acceptors (Lipinski definition) is 5. The van der Waals surface area contributed by atoms with Crippen molar-refractivity contribution in [2.24, 2.45) is 11.3 Å². The number of aryl methyl sites for hydroxylation is 1. The molecule has 1 saturated carbocycles. The maximum atomic E-state index is 12.5. The van der Waals surface area contributed by atoms with E-state index in [1.54, 1.807) is 6.07 Å². The van der Waals surface area contributed by atoms with E-state index in [0.717, 1.165) is 25.7 Å². The lowest BCUT2D eigenvalue weighted by Crippen LogP contribution is -2.41. The molecule has 0 saturated heterocycles. The molecular formula is C21H28N2O5. The van der Waals surface area contributed by atoms with Crippen LogP contribution in [0.4, 0.5) is 11.4 Å². The topological polar surface area (TPSA) is 89.8 Å². The summed E-state index contributed by atoms with van der Waals surface area (Å²) in [5.74, 6) is 0.0577. The van der Waals surface area contributed by atoms with Gasteiger partial charge in [-0.25, -0.2) is 0 Å². The highest BCUT2D eigenvalue weighted by molar-refractivity contribution is 6.00. The van der Waals surface area contributed by atoms with E-state index in [1.807, 2.05) is 0 Å². The third-order valence-corrected chi connectivity index (χ3v) is 5.96. The molecule has 0 aromatic heterocycles. The van der Waals surface area contributed by atoms with Gasteiger partial charge in [-0.15, -0.1) is 0 Å². The molecule has 1 aliphatic heterocycles. The first-order valence-corrected chi connectivity index (χ1v) is 9.92. The minimum absolute atomic E-state index is 0.00812. The highest BCUT2D eigenvalue weighted by Crippen LogP contribution is 2.38. The molecule has 1 aromatic rings. The molecule has 0 N–H and O–H groups in total. The minimum atomic E-state index is -0.455. The van der Waals surface area contributed by atoms with Crippen molar-refractivity contribution < 1.29 is 19.2 Å². The number of nitro benzene ring substituents is 1. The zero-order valence-electron chi connectivity index (χ0n) is 16.8. The Labute approximate surface area is 165 Å². The molecular weight excluding hydrogens is 360 g/mol. The second-order valence-electron chi connectivity index (χ2n) is 8.88. The summed E-state index contributed by atoms with van der Waals surface area (Å²) in [4.78, 5) is 36.7. The largest absolute Gasteiger partial charge is 0.461 e. The van der Waals surface area contributed by atoms with Crippen LogP contribution in [0.1, 0.15) is 58.4 Å². The number of amides is 1. The first-order chi connectivity index (χ1) is 13.1. The van der Waals surface area contributed by atoms with E-state index >= 15 is 0 Å². The quantitative estimate of drug-likeness (QED) is 0.441. The van der Waals surface area contributed by atoms with Crippen LogP contribution in [0.25, 0.3) is 0 Å². The number of fused-ring (bicyclic) bond motifs is 1. The Morgan fingerprint density at radius 2 is 1.89 bits per heavy atom. The summed E-state index contributed by atoms with van der Waals surface area (Å²) in [5, 5.41) is 11.0. The number of hydrogen-bond donors (Lipinski definition) is 0. The van der Waals surface area contributed by atoms with Gasteiger partial charge >= 0.3 is 5.97 Å². The summed E-state index contributed by atoms with van der Waals surface area (Å²) in [5.41, 5.74) is 1.54. The van der Waals surface area contributed by atoms with E-state index < -0.39 is 10.9 Å². The molecule has 0 spiro atoms. The molecule has 1 aliphatic carbocycles. The van der Waals surface area contributed by atoms with Crippen LogP contribution in [-0.4, -0.2) is 29.4 Å². The number of nitro groups is 1.